The average molecular weight is 344 g/mol. The average Bonchev–Trinajstić information content (AvgIpc) is 3.08. The van der Waals surface area contributed by atoms with E-state index in [0.717, 1.165) is 24.3 Å². The van der Waals surface area contributed by atoms with Gasteiger partial charge in [-0.2, -0.15) is 5.10 Å². The Kier molecular flexibility index (Phi) is 5.06. The number of pyridine rings is 1. The molecule has 0 saturated carbocycles. The quantitative estimate of drug-likeness (QED) is 0.908. The van der Waals surface area contributed by atoms with Crippen LogP contribution in [-0.4, -0.2) is 59.0 Å². The third-order valence-electron chi connectivity index (χ3n) is 4.47. The molecule has 0 aliphatic carbocycles. The van der Waals surface area contributed by atoms with E-state index >= 15 is 0 Å². The van der Waals surface area contributed by atoms with Gasteiger partial charge in [0.05, 0.1) is 31.2 Å². The smallest absolute Gasteiger partial charge is 0.317 e. The molecule has 0 spiro atoms. The van der Waals surface area contributed by atoms with Crippen LogP contribution < -0.4 is 15.0 Å². The molecule has 3 rings (SSSR count). The molecule has 2 aromatic rings. The Morgan fingerprint density at radius 3 is 2.68 bits per heavy atom. The number of aromatic nitrogens is 3. The van der Waals surface area contributed by atoms with Crippen LogP contribution in [0.2, 0.25) is 0 Å². The molecular weight excluding hydrogens is 320 g/mol. The van der Waals surface area contributed by atoms with Crippen LogP contribution >= 0.6 is 0 Å². The van der Waals surface area contributed by atoms with Crippen molar-refractivity contribution in [3.63, 3.8) is 0 Å². The Morgan fingerprint density at radius 1 is 1.28 bits per heavy atom. The number of urea groups is 1. The molecule has 2 amide bonds. The first-order chi connectivity index (χ1) is 12.1. The minimum atomic E-state index is -0.151. The zero-order valence-electron chi connectivity index (χ0n) is 14.8. The molecule has 3 heterocycles. The topological polar surface area (TPSA) is 75.5 Å². The maximum absolute atomic E-state index is 12.6. The summed E-state index contributed by atoms with van der Waals surface area (Å²) in [6.45, 7) is 4.90. The van der Waals surface area contributed by atoms with Crippen molar-refractivity contribution < 1.29 is 9.53 Å². The van der Waals surface area contributed by atoms with Gasteiger partial charge >= 0.3 is 6.03 Å². The van der Waals surface area contributed by atoms with Crippen molar-refractivity contribution in [2.45, 2.75) is 13.0 Å². The van der Waals surface area contributed by atoms with E-state index in [0.29, 0.717) is 18.8 Å². The van der Waals surface area contributed by atoms with E-state index in [1.54, 1.807) is 24.2 Å². The highest BCUT2D eigenvalue weighted by molar-refractivity contribution is 5.75. The van der Waals surface area contributed by atoms with Gasteiger partial charge in [0.25, 0.3) is 0 Å². The highest BCUT2D eigenvalue weighted by Gasteiger charge is 2.23. The number of ether oxygens (including phenoxy) is 1. The molecule has 0 bridgehead atoms. The molecule has 0 aromatic carbocycles. The number of carbonyl (C=O) groups excluding carboxylic acids is 1. The van der Waals surface area contributed by atoms with E-state index in [-0.39, 0.29) is 12.1 Å². The van der Waals surface area contributed by atoms with Crippen molar-refractivity contribution in [2.75, 3.05) is 38.2 Å². The highest BCUT2D eigenvalue weighted by atomic mass is 16.5. The summed E-state index contributed by atoms with van der Waals surface area (Å²) in [5.41, 5.74) is 2.01. The fourth-order valence-corrected chi connectivity index (χ4v) is 3.01. The molecule has 1 saturated heterocycles. The number of nitrogens with zero attached hydrogens (tertiary/aromatic N) is 5. The fraction of sp³-hybridized carbons (Fsp3) is 0.471. The first-order valence-electron chi connectivity index (χ1n) is 8.35. The van der Waals surface area contributed by atoms with E-state index in [1.165, 1.54) is 0 Å². The number of rotatable bonds is 4. The van der Waals surface area contributed by atoms with Crippen LogP contribution in [0.15, 0.2) is 30.9 Å². The third kappa shape index (κ3) is 3.84. The minimum absolute atomic E-state index is 0.0581. The summed E-state index contributed by atoms with van der Waals surface area (Å²) in [6, 6.07) is 1.66. The number of carbonyl (C=O) groups is 1. The normalized spacial score (nSPS) is 15.8. The van der Waals surface area contributed by atoms with Crippen molar-refractivity contribution in [3.05, 3.63) is 36.4 Å². The number of anilines is 1. The summed E-state index contributed by atoms with van der Waals surface area (Å²) >= 11 is 0. The number of piperazine rings is 1. The number of nitrogens with one attached hydrogen (secondary N) is 1. The maximum atomic E-state index is 12.6. The fourth-order valence-electron chi connectivity index (χ4n) is 3.01. The second-order valence-corrected chi connectivity index (χ2v) is 6.14. The van der Waals surface area contributed by atoms with E-state index in [4.69, 9.17) is 4.74 Å². The van der Waals surface area contributed by atoms with Crippen molar-refractivity contribution in [1.82, 2.24) is 25.0 Å². The Hall–Kier alpha value is -2.77. The molecular formula is C17H24N6O2. The third-order valence-corrected chi connectivity index (χ3v) is 4.47. The predicted octanol–water partition coefficient (Wildman–Crippen LogP) is 1.42. The predicted molar refractivity (Wildman–Crippen MR) is 94.7 cm³/mol. The summed E-state index contributed by atoms with van der Waals surface area (Å²) in [7, 11) is 3.51. The van der Waals surface area contributed by atoms with E-state index in [1.807, 2.05) is 37.3 Å². The summed E-state index contributed by atoms with van der Waals surface area (Å²) in [5.74, 6) is 0.677. The lowest BCUT2D eigenvalue weighted by molar-refractivity contribution is 0.191. The molecule has 1 atom stereocenters. The maximum Gasteiger partial charge on any atom is 0.317 e. The molecule has 1 N–H and O–H groups in total. The van der Waals surface area contributed by atoms with Crippen LogP contribution in [0, 0.1) is 0 Å². The van der Waals surface area contributed by atoms with Gasteiger partial charge in [-0.05, 0) is 13.0 Å². The van der Waals surface area contributed by atoms with Crippen LogP contribution in [0.1, 0.15) is 18.5 Å². The summed E-state index contributed by atoms with van der Waals surface area (Å²) in [5, 5.41) is 7.24. The Morgan fingerprint density at radius 2 is 2.04 bits per heavy atom. The van der Waals surface area contributed by atoms with E-state index in [9.17, 15) is 4.79 Å². The monoisotopic (exact) mass is 344 g/mol. The molecule has 2 aromatic heterocycles. The minimum Gasteiger partial charge on any atom is -0.495 e. The second-order valence-electron chi connectivity index (χ2n) is 6.14. The molecule has 0 radical (unpaired) electrons. The van der Waals surface area contributed by atoms with Crippen LogP contribution in [0.25, 0.3) is 0 Å². The van der Waals surface area contributed by atoms with Gasteiger partial charge in [-0.1, -0.05) is 0 Å². The van der Waals surface area contributed by atoms with Gasteiger partial charge in [0.2, 0.25) is 0 Å². The molecule has 25 heavy (non-hydrogen) atoms. The Labute approximate surface area is 147 Å². The van der Waals surface area contributed by atoms with Gasteiger partial charge in [0.1, 0.15) is 5.75 Å². The molecule has 134 valence electrons. The number of aryl methyl sites for hydroxylation is 1. The molecule has 8 nitrogen and oxygen atoms in total. The van der Waals surface area contributed by atoms with Crippen molar-refractivity contribution in [1.29, 1.82) is 0 Å². The van der Waals surface area contributed by atoms with Crippen LogP contribution in [0.4, 0.5) is 10.5 Å². The number of methoxy groups -OCH3 is 1. The summed E-state index contributed by atoms with van der Waals surface area (Å²) in [4.78, 5) is 20.7. The molecule has 8 heteroatoms. The van der Waals surface area contributed by atoms with Crippen LogP contribution in [-0.2, 0) is 7.05 Å². The van der Waals surface area contributed by atoms with Gasteiger partial charge in [0.15, 0.2) is 0 Å². The first-order valence-corrected chi connectivity index (χ1v) is 8.35. The van der Waals surface area contributed by atoms with Crippen molar-refractivity contribution >= 4 is 11.7 Å². The van der Waals surface area contributed by atoms with Gasteiger partial charge in [-0.15, -0.1) is 0 Å². The molecule has 1 fully saturated rings. The standard InChI is InChI=1S/C17H24N6O2/c1-13(15-4-5-18-11-16(15)25-3)20-17(24)23-8-6-22(7-9-23)14-10-19-21(2)12-14/h4-5,10-13H,6-9H2,1-3H3,(H,20,24)/t13-/m1/s1. The van der Waals surface area contributed by atoms with E-state index in [2.05, 4.69) is 20.3 Å². The molecule has 1 aliphatic heterocycles. The summed E-state index contributed by atoms with van der Waals surface area (Å²) in [6.07, 6.45) is 7.21. The first kappa shape index (κ1) is 17.1. The lowest BCUT2D eigenvalue weighted by atomic mass is 10.1. The largest absolute Gasteiger partial charge is 0.495 e. The SMILES string of the molecule is COc1cnccc1[C@@H](C)NC(=O)N1CCN(c2cnn(C)c2)CC1. The van der Waals surface area contributed by atoms with Crippen LogP contribution in [0.3, 0.4) is 0 Å². The van der Waals surface area contributed by atoms with Crippen LogP contribution in [0.5, 0.6) is 5.75 Å². The second kappa shape index (κ2) is 7.42. The van der Waals surface area contributed by atoms with Crippen molar-refractivity contribution in [3.8, 4) is 5.75 Å². The molecule has 1 aliphatic rings. The number of hydrogen-bond donors (Lipinski definition) is 1. The lowest BCUT2D eigenvalue weighted by Gasteiger charge is -2.35. The van der Waals surface area contributed by atoms with E-state index < -0.39 is 0 Å². The summed E-state index contributed by atoms with van der Waals surface area (Å²) < 4.78 is 7.11. The zero-order valence-corrected chi connectivity index (χ0v) is 14.8. The zero-order chi connectivity index (χ0) is 17.8. The highest BCUT2D eigenvalue weighted by Crippen LogP contribution is 2.23. The Balaban J connectivity index is 1.56. The molecule has 0 unspecified atom stereocenters. The Bertz CT molecular complexity index is 723. The van der Waals surface area contributed by atoms with Gasteiger partial charge in [-0.3, -0.25) is 9.67 Å². The van der Waals surface area contributed by atoms with Crippen molar-refractivity contribution in [2.24, 2.45) is 7.05 Å². The van der Waals surface area contributed by atoms with Gasteiger partial charge in [0, 0.05) is 51.2 Å². The lowest BCUT2D eigenvalue weighted by Crippen LogP contribution is -2.52. The van der Waals surface area contributed by atoms with Gasteiger partial charge < -0.3 is 19.9 Å². The number of hydrogen-bond acceptors (Lipinski definition) is 5. The number of amides is 2. The van der Waals surface area contributed by atoms with Gasteiger partial charge in [-0.25, -0.2) is 4.79 Å².